The zero-order chi connectivity index (χ0) is 15.2. The predicted molar refractivity (Wildman–Crippen MR) is 83.1 cm³/mol. The van der Waals surface area contributed by atoms with Crippen LogP contribution in [0.15, 0.2) is 73.1 Å². The van der Waals surface area contributed by atoms with Crippen LogP contribution in [0, 0.1) is 0 Å². The minimum Gasteiger partial charge on any atom is -0.343 e. The highest BCUT2D eigenvalue weighted by Crippen LogP contribution is 2.15. The van der Waals surface area contributed by atoms with Crippen molar-refractivity contribution in [2.45, 2.75) is 12.6 Å². The van der Waals surface area contributed by atoms with Crippen molar-refractivity contribution in [3.05, 3.63) is 84.2 Å². The Morgan fingerprint density at radius 2 is 1.55 bits per heavy atom. The Morgan fingerprint density at radius 1 is 0.955 bits per heavy atom. The molecule has 0 aliphatic heterocycles. The lowest BCUT2D eigenvalue weighted by atomic mass is 10.1. The van der Waals surface area contributed by atoms with Gasteiger partial charge in [-0.1, -0.05) is 48.5 Å². The van der Waals surface area contributed by atoms with E-state index >= 15 is 0 Å². The topological polar surface area (TPSA) is 59.8 Å². The largest absolute Gasteiger partial charge is 0.343 e. The number of hydrogen-bond acceptors (Lipinski definition) is 3. The number of nitrogens with zero attached hydrogens (tertiary/aromatic N) is 3. The SMILES string of the molecule is O=C(N[C@H](Cn1nccn1)c1ccccc1)c1ccccc1. The molecule has 22 heavy (non-hydrogen) atoms. The van der Waals surface area contributed by atoms with E-state index in [-0.39, 0.29) is 11.9 Å². The third-order valence-corrected chi connectivity index (χ3v) is 3.36. The smallest absolute Gasteiger partial charge is 0.251 e. The molecule has 2 aromatic carbocycles. The highest BCUT2D eigenvalue weighted by Gasteiger charge is 2.16. The quantitative estimate of drug-likeness (QED) is 0.785. The maximum atomic E-state index is 12.4. The Labute approximate surface area is 128 Å². The minimum atomic E-state index is -0.193. The summed E-state index contributed by atoms with van der Waals surface area (Å²) in [4.78, 5) is 14.0. The van der Waals surface area contributed by atoms with Gasteiger partial charge in [-0.05, 0) is 17.7 Å². The Morgan fingerprint density at radius 3 is 2.18 bits per heavy atom. The fourth-order valence-electron chi connectivity index (χ4n) is 2.25. The number of carbonyl (C=O) groups is 1. The van der Waals surface area contributed by atoms with Crippen molar-refractivity contribution in [3.8, 4) is 0 Å². The molecule has 0 saturated carbocycles. The summed E-state index contributed by atoms with van der Waals surface area (Å²) in [5, 5.41) is 11.3. The molecule has 0 spiro atoms. The van der Waals surface area contributed by atoms with Crippen LogP contribution in [-0.2, 0) is 6.54 Å². The van der Waals surface area contributed by atoms with Gasteiger partial charge in [-0.15, -0.1) is 0 Å². The van der Waals surface area contributed by atoms with E-state index in [4.69, 9.17) is 0 Å². The molecule has 0 aliphatic rings. The molecule has 110 valence electrons. The van der Waals surface area contributed by atoms with Gasteiger partial charge in [-0.2, -0.15) is 15.0 Å². The average Bonchev–Trinajstić information content (AvgIpc) is 3.09. The molecular weight excluding hydrogens is 276 g/mol. The van der Waals surface area contributed by atoms with Gasteiger partial charge in [0.25, 0.3) is 5.91 Å². The fraction of sp³-hybridized carbons (Fsp3) is 0.118. The monoisotopic (exact) mass is 292 g/mol. The first kappa shape index (κ1) is 14.0. The van der Waals surface area contributed by atoms with Crippen molar-refractivity contribution < 1.29 is 4.79 Å². The highest BCUT2D eigenvalue weighted by atomic mass is 16.1. The van der Waals surface area contributed by atoms with Gasteiger partial charge in [-0.3, -0.25) is 4.79 Å². The Bertz CT molecular complexity index is 711. The van der Waals surface area contributed by atoms with E-state index in [2.05, 4.69) is 15.5 Å². The Kier molecular flexibility index (Phi) is 4.25. The second kappa shape index (κ2) is 6.67. The molecule has 0 aliphatic carbocycles. The molecule has 1 heterocycles. The number of aromatic nitrogens is 3. The van der Waals surface area contributed by atoms with Crippen LogP contribution >= 0.6 is 0 Å². The van der Waals surface area contributed by atoms with Gasteiger partial charge in [0.15, 0.2) is 0 Å². The van der Waals surface area contributed by atoms with Gasteiger partial charge in [0.1, 0.15) is 0 Å². The van der Waals surface area contributed by atoms with Crippen LogP contribution in [0.4, 0.5) is 0 Å². The summed E-state index contributed by atoms with van der Waals surface area (Å²) in [5.74, 6) is -0.110. The molecule has 5 nitrogen and oxygen atoms in total. The van der Waals surface area contributed by atoms with Crippen molar-refractivity contribution in [2.75, 3.05) is 0 Å². The average molecular weight is 292 g/mol. The zero-order valence-corrected chi connectivity index (χ0v) is 12.0. The molecule has 1 N–H and O–H groups in total. The van der Waals surface area contributed by atoms with Gasteiger partial charge in [-0.25, -0.2) is 0 Å². The second-order valence-corrected chi connectivity index (χ2v) is 4.89. The van der Waals surface area contributed by atoms with Crippen LogP contribution in [0.2, 0.25) is 0 Å². The Hall–Kier alpha value is -2.95. The third-order valence-electron chi connectivity index (χ3n) is 3.36. The van der Waals surface area contributed by atoms with Gasteiger partial charge >= 0.3 is 0 Å². The summed E-state index contributed by atoms with van der Waals surface area (Å²) in [5.41, 5.74) is 1.65. The molecule has 1 aromatic heterocycles. The van der Waals surface area contributed by atoms with Gasteiger partial charge in [0, 0.05) is 5.56 Å². The van der Waals surface area contributed by atoms with Crippen LogP contribution in [0.1, 0.15) is 22.0 Å². The predicted octanol–water partition coefficient (Wildman–Crippen LogP) is 2.45. The first-order valence-corrected chi connectivity index (χ1v) is 7.08. The lowest BCUT2D eigenvalue weighted by molar-refractivity contribution is 0.0931. The number of hydrogen-bond donors (Lipinski definition) is 1. The van der Waals surface area contributed by atoms with E-state index in [1.165, 1.54) is 0 Å². The molecule has 1 amide bonds. The molecule has 0 unspecified atom stereocenters. The van der Waals surface area contributed by atoms with E-state index < -0.39 is 0 Å². The lowest BCUT2D eigenvalue weighted by Gasteiger charge is -2.18. The van der Waals surface area contributed by atoms with E-state index in [0.717, 1.165) is 5.56 Å². The normalized spacial score (nSPS) is 11.8. The summed E-state index contributed by atoms with van der Waals surface area (Å²) in [7, 11) is 0. The molecule has 5 heteroatoms. The van der Waals surface area contributed by atoms with E-state index in [1.54, 1.807) is 29.3 Å². The summed E-state index contributed by atoms with van der Waals surface area (Å²) >= 11 is 0. The van der Waals surface area contributed by atoms with E-state index in [0.29, 0.717) is 12.1 Å². The van der Waals surface area contributed by atoms with Crippen LogP contribution in [0.25, 0.3) is 0 Å². The van der Waals surface area contributed by atoms with Gasteiger partial charge in [0.05, 0.1) is 25.0 Å². The lowest BCUT2D eigenvalue weighted by Crippen LogP contribution is -2.32. The van der Waals surface area contributed by atoms with Crippen molar-refractivity contribution in [1.82, 2.24) is 20.3 Å². The summed E-state index contributed by atoms with van der Waals surface area (Å²) in [6, 6.07) is 18.8. The molecule has 1 atom stereocenters. The van der Waals surface area contributed by atoms with Crippen LogP contribution < -0.4 is 5.32 Å². The molecule has 3 aromatic rings. The number of rotatable bonds is 5. The van der Waals surface area contributed by atoms with Crippen LogP contribution in [0.3, 0.4) is 0 Å². The molecule has 3 rings (SSSR count). The molecular formula is C17H16N4O. The first-order valence-electron chi connectivity index (χ1n) is 7.08. The maximum absolute atomic E-state index is 12.4. The van der Waals surface area contributed by atoms with Crippen molar-refractivity contribution in [2.24, 2.45) is 0 Å². The molecule has 0 fully saturated rings. The van der Waals surface area contributed by atoms with Crippen LogP contribution in [-0.4, -0.2) is 20.9 Å². The number of carbonyl (C=O) groups excluding carboxylic acids is 1. The minimum absolute atomic E-state index is 0.110. The highest BCUT2D eigenvalue weighted by molar-refractivity contribution is 5.94. The van der Waals surface area contributed by atoms with E-state index in [9.17, 15) is 4.79 Å². The number of benzene rings is 2. The Balaban J connectivity index is 1.81. The second-order valence-electron chi connectivity index (χ2n) is 4.89. The zero-order valence-electron chi connectivity index (χ0n) is 12.0. The first-order chi connectivity index (χ1) is 10.8. The third kappa shape index (κ3) is 3.38. The van der Waals surface area contributed by atoms with Crippen molar-refractivity contribution in [3.63, 3.8) is 0 Å². The summed E-state index contributed by atoms with van der Waals surface area (Å²) < 4.78 is 0. The number of nitrogens with one attached hydrogen (secondary N) is 1. The standard InChI is InChI=1S/C17H16N4O/c22-17(15-9-5-2-6-10-15)20-16(13-21-18-11-12-19-21)14-7-3-1-4-8-14/h1-12,16H,13H2,(H,20,22)/t16-/m1/s1. The van der Waals surface area contributed by atoms with Gasteiger partial charge in [0.2, 0.25) is 0 Å². The summed E-state index contributed by atoms with van der Waals surface area (Å²) in [6.45, 7) is 0.482. The van der Waals surface area contributed by atoms with E-state index in [1.807, 2.05) is 48.5 Å². The molecule has 0 radical (unpaired) electrons. The summed E-state index contributed by atoms with van der Waals surface area (Å²) in [6.07, 6.45) is 3.25. The molecule has 0 saturated heterocycles. The molecule has 0 bridgehead atoms. The van der Waals surface area contributed by atoms with Crippen molar-refractivity contribution >= 4 is 5.91 Å². The van der Waals surface area contributed by atoms with Gasteiger partial charge < -0.3 is 5.32 Å². The maximum Gasteiger partial charge on any atom is 0.251 e. The van der Waals surface area contributed by atoms with Crippen LogP contribution in [0.5, 0.6) is 0 Å². The number of amides is 1. The van der Waals surface area contributed by atoms with Crippen molar-refractivity contribution in [1.29, 1.82) is 0 Å². The fourth-order valence-corrected chi connectivity index (χ4v) is 2.25.